The molecule has 1 aromatic rings. The summed E-state index contributed by atoms with van der Waals surface area (Å²) in [7, 11) is 1.95. The van der Waals surface area contributed by atoms with Crippen molar-refractivity contribution in [3.63, 3.8) is 0 Å². The first-order valence-corrected chi connectivity index (χ1v) is 6.92. The van der Waals surface area contributed by atoms with Crippen LogP contribution in [-0.2, 0) is 13.6 Å². The Bertz CT molecular complexity index is 337. The van der Waals surface area contributed by atoms with E-state index in [9.17, 15) is 0 Å². The Morgan fingerprint density at radius 2 is 2.06 bits per heavy atom. The van der Waals surface area contributed by atoms with E-state index in [1.165, 1.54) is 0 Å². The van der Waals surface area contributed by atoms with Gasteiger partial charge in [0, 0.05) is 37.2 Å². The maximum atomic E-state index is 6.12. The SMILES string of the molecule is CC1CN(Cc2c(Cl)cnn2C)CC(C)S1. The fourth-order valence-corrected chi connectivity index (χ4v) is 3.85. The van der Waals surface area contributed by atoms with Crippen molar-refractivity contribution in [1.82, 2.24) is 14.7 Å². The third-order valence-electron chi connectivity index (χ3n) is 2.88. The number of aromatic nitrogens is 2. The highest BCUT2D eigenvalue weighted by atomic mass is 35.5. The summed E-state index contributed by atoms with van der Waals surface area (Å²) >= 11 is 8.19. The molecule has 1 aliphatic rings. The number of nitrogens with zero attached hydrogens (tertiary/aromatic N) is 3. The third-order valence-corrected chi connectivity index (χ3v) is 4.42. The number of hydrogen-bond donors (Lipinski definition) is 0. The Morgan fingerprint density at radius 3 is 2.56 bits per heavy atom. The van der Waals surface area contributed by atoms with Crippen LogP contribution < -0.4 is 0 Å². The van der Waals surface area contributed by atoms with E-state index in [1.807, 2.05) is 11.7 Å². The first-order chi connectivity index (χ1) is 7.56. The van der Waals surface area contributed by atoms with E-state index < -0.39 is 0 Å². The summed E-state index contributed by atoms with van der Waals surface area (Å²) in [5.74, 6) is 0. The van der Waals surface area contributed by atoms with Crippen LogP contribution in [0.15, 0.2) is 6.20 Å². The van der Waals surface area contributed by atoms with Crippen LogP contribution in [0, 0.1) is 0 Å². The maximum Gasteiger partial charge on any atom is 0.0831 e. The zero-order chi connectivity index (χ0) is 11.7. The van der Waals surface area contributed by atoms with Gasteiger partial charge in [0.25, 0.3) is 0 Å². The van der Waals surface area contributed by atoms with Crippen molar-refractivity contribution in [2.45, 2.75) is 30.9 Å². The van der Waals surface area contributed by atoms with Crippen molar-refractivity contribution in [3.05, 3.63) is 16.9 Å². The average Bonchev–Trinajstić information content (AvgIpc) is 2.48. The highest BCUT2D eigenvalue weighted by Gasteiger charge is 2.23. The van der Waals surface area contributed by atoms with E-state index in [0.29, 0.717) is 10.5 Å². The summed E-state index contributed by atoms with van der Waals surface area (Å²) < 4.78 is 1.87. The Hall–Kier alpha value is -0.190. The van der Waals surface area contributed by atoms with Crippen molar-refractivity contribution in [3.8, 4) is 0 Å². The van der Waals surface area contributed by atoms with Crippen molar-refractivity contribution >= 4 is 23.4 Å². The second-order valence-corrected chi connectivity index (χ2v) is 6.80. The van der Waals surface area contributed by atoms with Gasteiger partial charge in [-0.15, -0.1) is 0 Å². The van der Waals surface area contributed by atoms with Gasteiger partial charge in [0.1, 0.15) is 0 Å². The highest BCUT2D eigenvalue weighted by Crippen LogP contribution is 2.26. The lowest BCUT2D eigenvalue weighted by atomic mass is 10.3. The van der Waals surface area contributed by atoms with Crippen LogP contribution in [0.2, 0.25) is 5.02 Å². The van der Waals surface area contributed by atoms with Gasteiger partial charge in [-0.2, -0.15) is 16.9 Å². The van der Waals surface area contributed by atoms with Gasteiger partial charge in [-0.3, -0.25) is 9.58 Å². The molecule has 2 heterocycles. The lowest BCUT2D eigenvalue weighted by Gasteiger charge is -2.34. The van der Waals surface area contributed by atoms with Gasteiger partial charge in [0.2, 0.25) is 0 Å². The van der Waals surface area contributed by atoms with E-state index in [1.54, 1.807) is 6.20 Å². The Labute approximate surface area is 106 Å². The first-order valence-electron chi connectivity index (χ1n) is 5.60. The molecular formula is C11H18ClN3S. The summed E-state index contributed by atoms with van der Waals surface area (Å²) in [4.78, 5) is 2.47. The molecule has 0 N–H and O–H groups in total. The van der Waals surface area contributed by atoms with E-state index >= 15 is 0 Å². The molecule has 0 amide bonds. The number of aryl methyl sites for hydroxylation is 1. The molecule has 2 unspecified atom stereocenters. The van der Waals surface area contributed by atoms with Gasteiger partial charge in [0.05, 0.1) is 16.9 Å². The molecule has 1 fully saturated rings. The number of halogens is 1. The quantitative estimate of drug-likeness (QED) is 0.814. The van der Waals surface area contributed by atoms with Gasteiger partial charge in [-0.1, -0.05) is 25.4 Å². The van der Waals surface area contributed by atoms with Crippen molar-refractivity contribution in [2.24, 2.45) is 7.05 Å². The lowest BCUT2D eigenvalue weighted by Crippen LogP contribution is -2.40. The van der Waals surface area contributed by atoms with Crippen LogP contribution in [0.4, 0.5) is 0 Å². The minimum atomic E-state index is 0.704. The van der Waals surface area contributed by atoms with Gasteiger partial charge in [-0.05, 0) is 0 Å². The average molecular weight is 260 g/mol. The Kier molecular flexibility index (Phi) is 3.82. The zero-order valence-corrected chi connectivity index (χ0v) is 11.6. The third kappa shape index (κ3) is 2.73. The molecule has 3 nitrogen and oxygen atoms in total. The molecule has 1 aliphatic heterocycles. The van der Waals surface area contributed by atoms with Crippen LogP contribution in [-0.4, -0.2) is 38.3 Å². The monoisotopic (exact) mass is 259 g/mol. The summed E-state index contributed by atoms with van der Waals surface area (Å²) in [5, 5.41) is 6.36. The maximum absolute atomic E-state index is 6.12. The summed E-state index contributed by atoms with van der Waals surface area (Å²) in [6.45, 7) is 7.76. The number of hydrogen-bond acceptors (Lipinski definition) is 3. The molecule has 0 radical (unpaired) electrons. The molecule has 90 valence electrons. The van der Waals surface area contributed by atoms with Gasteiger partial charge < -0.3 is 0 Å². The second kappa shape index (κ2) is 4.98. The fourth-order valence-electron chi connectivity index (χ4n) is 2.24. The largest absolute Gasteiger partial charge is 0.295 e. The van der Waals surface area contributed by atoms with Crippen LogP contribution in [0.3, 0.4) is 0 Å². The van der Waals surface area contributed by atoms with E-state index in [0.717, 1.165) is 30.4 Å². The van der Waals surface area contributed by atoms with Crippen molar-refractivity contribution < 1.29 is 0 Å². The molecule has 16 heavy (non-hydrogen) atoms. The Balaban J connectivity index is 2.04. The minimum Gasteiger partial charge on any atom is -0.295 e. The molecule has 0 aromatic carbocycles. The van der Waals surface area contributed by atoms with Crippen molar-refractivity contribution in [1.29, 1.82) is 0 Å². The second-order valence-electron chi connectivity index (χ2n) is 4.51. The summed E-state index contributed by atoms with van der Waals surface area (Å²) in [6, 6.07) is 0. The molecule has 0 saturated carbocycles. The smallest absolute Gasteiger partial charge is 0.0831 e. The standard InChI is InChI=1S/C11H18ClN3S/c1-8-5-15(6-9(2)16-8)7-11-10(12)4-13-14(11)3/h4,8-9H,5-7H2,1-3H3. The normalized spacial score (nSPS) is 27.2. The van der Waals surface area contributed by atoms with Gasteiger partial charge in [-0.25, -0.2) is 0 Å². The molecule has 0 aliphatic carbocycles. The lowest BCUT2D eigenvalue weighted by molar-refractivity contribution is 0.256. The van der Waals surface area contributed by atoms with Crippen molar-refractivity contribution in [2.75, 3.05) is 13.1 Å². The molecule has 1 saturated heterocycles. The minimum absolute atomic E-state index is 0.704. The van der Waals surface area contributed by atoms with E-state index in [4.69, 9.17) is 11.6 Å². The van der Waals surface area contributed by atoms with E-state index in [-0.39, 0.29) is 0 Å². The van der Waals surface area contributed by atoms with Crippen LogP contribution in [0.25, 0.3) is 0 Å². The topological polar surface area (TPSA) is 21.1 Å². The number of thioether (sulfide) groups is 1. The fraction of sp³-hybridized carbons (Fsp3) is 0.727. The molecule has 2 rings (SSSR count). The Morgan fingerprint density at radius 1 is 1.44 bits per heavy atom. The predicted molar refractivity (Wildman–Crippen MR) is 70.0 cm³/mol. The zero-order valence-electron chi connectivity index (χ0n) is 9.98. The molecular weight excluding hydrogens is 242 g/mol. The first kappa shape index (κ1) is 12.3. The summed E-state index contributed by atoms with van der Waals surface area (Å²) in [5.41, 5.74) is 1.12. The number of rotatable bonds is 2. The van der Waals surface area contributed by atoms with Gasteiger partial charge >= 0.3 is 0 Å². The molecule has 5 heteroatoms. The summed E-state index contributed by atoms with van der Waals surface area (Å²) in [6.07, 6.45) is 1.72. The molecule has 0 spiro atoms. The molecule has 2 atom stereocenters. The molecule has 0 bridgehead atoms. The highest BCUT2D eigenvalue weighted by molar-refractivity contribution is 8.00. The van der Waals surface area contributed by atoms with Crippen LogP contribution in [0.5, 0.6) is 0 Å². The van der Waals surface area contributed by atoms with Crippen LogP contribution >= 0.6 is 23.4 Å². The van der Waals surface area contributed by atoms with E-state index in [2.05, 4.69) is 35.6 Å². The predicted octanol–water partition coefficient (Wildman–Crippen LogP) is 2.40. The van der Waals surface area contributed by atoms with Gasteiger partial charge in [0.15, 0.2) is 0 Å². The van der Waals surface area contributed by atoms with Crippen LogP contribution in [0.1, 0.15) is 19.5 Å². The molecule has 1 aromatic heterocycles.